The van der Waals surface area contributed by atoms with E-state index in [0.717, 1.165) is 24.8 Å². The number of fused-ring (bicyclic) bond motifs is 5. The number of rotatable bonds is 15. The molecule has 14 N–H and O–H groups in total. The molecule has 0 radical (unpaired) electrons. The molecular formula is C53H90O22. The molecule has 8 rings (SSSR count). The van der Waals surface area contributed by atoms with Crippen LogP contribution in [0.15, 0.2) is 11.6 Å². The van der Waals surface area contributed by atoms with E-state index >= 15 is 0 Å². The van der Waals surface area contributed by atoms with E-state index < -0.39 is 165 Å². The molecule has 4 saturated heterocycles. The first-order chi connectivity index (χ1) is 35.1. The van der Waals surface area contributed by atoms with Crippen molar-refractivity contribution in [3.05, 3.63) is 11.6 Å². The molecule has 75 heavy (non-hydrogen) atoms. The van der Waals surface area contributed by atoms with Gasteiger partial charge in [-0.2, -0.15) is 0 Å². The Morgan fingerprint density at radius 1 is 0.587 bits per heavy atom. The summed E-state index contributed by atoms with van der Waals surface area (Å²) >= 11 is 0. The van der Waals surface area contributed by atoms with Crippen LogP contribution in [0.2, 0.25) is 0 Å². The van der Waals surface area contributed by atoms with Gasteiger partial charge in [-0.05, 0) is 124 Å². The molecule has 0 bridgehead atoms. The summed E-state index contributed by atoms with van der Waals surface area (Å²) in [5.74, 6) is -0.395. The molecule has 4 aliphatic carbocycles. The predicted molar refractivity (Wildman–Crippen MR) is 260 cm³/mol. The third-order valence-electron chi connectivity index (χ3n) is 20.5. The van der Waals surface area contributed by atoms with Gasteiger partial charge in [0.2, 0.25) is 0 Å². The molecule has 434 valence electrons. The molecule has 0 unspecified atom stereocenters. The van der Waals surface area contributed by atoms with Crippen molar-refractivity contribution >= 4 is 0 Å². The highest BCUT2D eigenvalue weighted by molar-refractivity contribution is 5.20. The Bertz CT molecular complexity index is 1940. The largest absolute Gasteiger partial charge is 0.394 e. The lowest BCUT2D eigenvalue weighted by Gasteiger charge is -2.71. The van der Waals surface area contributed by atoms with Crippen molar-refractivity contribution in [2.75, 3.05) is 26.4 Å². The Balaban J connectivity index is 1.01. The first-order valence-corrected chi connectivity index (χ1v) is 27.3. The molecular weight excluding hydrogens is 989 g/mol. The Kier molecular flexibility index (Phi) is 18.1. The number of aliphatic hydroxyl groups excluding tert-OH is 14. The maximum absolute atomic E-state index is 12.8. The zero-order valence-corrected chi connectivity index (χ0v) is 44.7. The number of hydrogen-bond donors (Lipinski definition) is 14. The van der Waals surface area contributed by atoms with E-state index in [1.54, 1.807) is 0 Å². The fourth-order valence-corrected chi connectivity index (χ4v) is 16.0. The standard InChI is InChI=1S/C53H90O22/c1-23(2)10-9-14-53(8,75-47-43(67)39(63)37(61)29(72-47)22-69-45-41(65)34(58)26(57)21-68-45)24-11-16-52(7)33(24)25(56)18-31-50(5)15-13-32(49(3,4)30(50)12-17-51(31,52)6)73-48-44(40(64)36(60)28(20-55)71-48)74-46-42(66)38(62)35(59)27(19-54)70-46/h10,24-48,54-67H,9,11-22H2,1-8H3/t24-,25+,26-,27+,28+,29+,30-,31+,32-,33-,34-,35+,36+,37+,38-,39-,40-,41+,42+,43+,44+,45-,46-,47-,48-,50-,51+,52+,53-/m0/s1. The third-order valence-corrected chi connectivity index (χ3v) is 20.5. The van der Waals surface area contributed by atoms with Crippen molar-refractivity contribution in [3.8, 4) is 0 Å². The lowest BCUT2D eigenvalue weighted by Crippen LogP contribution is -2.68. The summed E-state index contributed by atoms with van der Waals surface area (Å²) in [4.78, 5) is 0. The Morgan fingerprint density at radius 3 is 1.80 bits per heavy atom. The molecule has 4 heterocycles. The zero-order valence-electron chi connectivity index (χ0n) is 44.7. The van der Waals surface area contributed by atoms with Crippen LogP contribution in [-0.2, 0) is 37.9 Å². The molecule has 4 saturated carbocycles. The molecule has 0 spiro atoms. The van der Waals surface area contributed by atoms with Gasteiger partial charge in [-0.15, -0.1) is 0 Å². The highest BCUT2D eigenvalue weighted by Crippen LogP contribution is 2.76. The van der Waals surface area contributed by atoms with Gasteiger partial charge in [0.25, 0.3) is 0 Å². The monoisotopic (exact) mass is 1080 g/mol. The van der Waals surface area contributed by atoms with Crippen molar-refractivity contribution in [2.24, 2.45) is 45.3 Å². The van der Waals surface area contributed by atoms with Gasteiger partial charge < -0.3 is 109 Å². The van der Waals surface area contributed by atoms with E-state index in [2.05, 4.69) is 40.7 Å². The average molecular weight is 1080 g/mol. The summed E-state index contributed by atoms with van der Waals surface area (Å²) in [7, 11) is 0. The molecule has 8 aliphatic rings. The summed E-state index contributed by atoms with van der Waals surface area (Å²) in [6.45, 7) is 15.1. The van der Waals surface area contributed by atoms with Crippen molar-refractivity contribution in [1.82, 2.24) is 0 Å². The van der Waals surface area contributed by atoms with Crippen molar-refractivity contribution < 1.29 is 109 Å². The van der Waals surface area contributed by atoms with E-state index in [9.17, 15) is 71.5 Å². The smallest absolute Gasteiger partial charge is 0.187 e. The van der Waals surface area contributed by atoms with Gasteiger partial charge in [-0.1, -0.05) is 46.3 Å². The first-order valence-electron chi connectivity index (χ1n) is 27.3. The lowest BCUT2D eigenvalue weighted by molar-refractivity contribution is -0.378. The van der Waals surface area contributed by atoms with Gasteiger partial charge >= 0.3 is 0 Å². The minimum Gasteiger partial charge on any atom is -0.394 e. The van der Waals surface area contributed by atoms with Crippen LogP contribution in [0, 0.1) is 45.3 Å². The Labute approximate surface area is 439 Å². The molecule has 0 aromatic rings. The van der Waals surface area contributed by atoms with Gasteiger partial charge in [0.15, 0.2) is 25.2 Å². The zero-order chi connectivity index (χ0) is 55.1. The Hall–Kier alpha value is -1.14. The van der Waals surface area contributed by atoms with Crippen LogP contribution in [0.1, 0.15) is 113 Å². The van der Waals surface area contributed by atoms with E-state index in [1.807, 2.05) is 20.8 Å². The summed E-state index contributed by atoms with van der Waals surface area (Å²) in [6.07, 6.45) is -22.6. The van der Waals surface area contributed by atoms with Gasteiger partial charge in [-0.25, -0.2) is 0 Å². The maximum atomic E-state index is 12.8. The van der Waals surface area contributed by atoms with Crippen LogP contribution in [-0.4, -0.2) is 232 Å². The lowest BCUT2D eigenvalue weighted by atomic mass is 9.35. The molecule has 4 aliphatic heterocycles. The molecule has 8 fully saturated rings. The quantitative estimate of drug-likeness (QED) is 0.0651. The van der Waals surface area contributed by atoms with Gasteiger partial charge in [-0.3, -0.25) is 0 Å². The van der Waals surface area contributed by atoms with E-state index in [4.69, 9.17) is 37.9 Å². The van der Waals surface area contributed by atoms with Crippen LogP contribution < -0.4 is 0 Å². The van der Waals surface area contributed by atoms with Crippen LogP contribution >= 0.6 is 0 Å². The first kappa shape index (κ1) is 60.0. The second-order valence-corrected chi connectivity index (χ2v) is 25.3. The topological polar surface area (TPSA) is 357 Å². The molecule has 0 amide bonds. The minimum absolute atomic E-state index is 0.0508. The normalized spacial score (nSPS) is 52.7. The third kappa shape index (κ3) is 10.6. The SMILES string of the molecule is CC(C)=CCC[C@](C)(O[C@@H]1O[C@H](CO[C@@H]2OC[C@H](O)[C@H](O)[C@H]2O)[C@@H](O)[C@H](O)[C@H]1O)[C@H]1CC[C@]2(C)[C@@H]1[C@H](O)C[C@@H]1[C@@]3(C)CC[C@H](O[C@@H]4O[C@H](CO)[C@@H](O)[C@H](O)[C@H]4O[C@@H]4O[C@H](CO)[C@@H](O)[C@H](O)[C@H]4O)C(C)(C)[C@@H]3CC[C@]12C. The van der Waals surface area contributed by atoms with Crippen molar-refractivity contribution in [1.29, 1.82) is 0 Å². The highest BCUT2D eigenvalue weighted by Gasteiger charge is 2.72. The fourth-order valence-electron chi connectivity index (χ4n) is 16.0. The molecule has 29 atom stereocenters. The molecule has 0 aromatic heterocycles. The summed E-state index contributed by atoms with van der Waals surface area (Å²) in [5, 5.41) is 151. The van der Waals surface area contributed by atoms with Gasteiger partial charge in [0.05, 0.1) is 44.2 Å². The Morgan fingerprint density at radius 2 is 1.16 bits per heavy atom. The molecule has 22 nitrogen and oxygen atoms in total. The number of hydrogen-bond acceptors (Lipinski definition) is 22. The van der Waals surface area contributed by atoms with Gasteiger partial charge in [0.1, 0.15) is 91.6 Å². The van der Waals surface area contributed by atoms with Crippen LogP contribution in [0.3, 0.4) is 0 Å². The van der Waals surface area contributed by atoms with Crippen molar-refractivity contribution in [2.45, 2.75) is 248 Å². The average Bonchev–Trinajstić information content (AvgIpc) is 3.75. The van der Waals surface area contributed by atoms with Crippen LogP contribution in [0.4, 0.5) is 0 Å². The van der Waals surface area contributed by atoms with Crippen LogP contribution in [0.5, 0.6) is 0 Å². The number of aliphatic hydroxyl groups is 14. The summed E-state index contributed by atoms with van der Waals surface area (Å²) in [5.41, 5.74) is -1.48. The number of ether oxygens (including phenoxy) is 8. The maximum Gasteiger partial charge on any atom is 0.187 e. The van der Waals surface area contributed by atoms with E-state index in [0.29, 0.717) is 38.5 Å². The highest BCUT2D eigenvalue weighted by atomic mass is 16.8. The fraction of sp³-hybridized carbons (Fsp3) is 0.962. The van der Waals surface area contributed by atoms with Gasteiger partial charge in [0, 0.05) is 0 Å². The molecule has 22 heteroatoms. The summed E-state index contributed by atoms with van der Waals surface area (Å²) < 4.78 is 48.8. The number of allylic oxidation sites excluding steroid dienone is 2. The van der Waals surface area contributed by atoms with E-state index in [1.165, 1.54) is 0 Å². The minimum atomic E-state index is -1.81. The van der Waals surface area contributed by atoms with E-state index in [-0.39, 0.29) is 41.1 Å². The van der Waals surface area contributed by atoms with Crippen molar-refractivity contribution in [3.63, 3.8) is 0 Å². The predicted octanol–water partition coefficient (Wildman–Crippen LogP) is -1.56. The summed E-state index contributed by atoms with van der Waals surface area (Å²) in [6, 6.07) is 0. The van der Waals surface area contributed by atoms with Crippen LogP contribution in [0.25, 0.3) is 0 Å². The molecule has 0 aromatic carbocycles. The second-order valence-electron chi connectivity index (χ2n) is 25.3. The second kappa shape index (κ2) is 22.7.